The van der Waals surface area contributed by atoms with Crippen LogP contribution in [-0.2, 0) is 0 Å². The molecule has 4 aromatic rings. The molecule has 0 saturated carbocycles. The smallest absolute Gasteiger partial charge is 0.278 e. The second kappa shape index (κ2) is 6.96. The number of nitro groups is 1. The van der Waals surface area contributed by atoms with E-state index in [0.717, 1.165) is 16.5 Å². The SMILES string of the molecule is CN(C(=O)c1ccn(-c2ccc([N+](=O)[O-])cc2)n1)c1cccc2ccccc12. The maximum Gasteiger partial charge on any atom is 0.278 e. The van der Waals surface area contributed by atoms with E-state index in [9.17, 15) is 14.9 Å². The van der Waals surface area contributed by atoms with Crippen LogP contribution in [0.2, 0.25) is 0 Å². The number of hydrogen-bond donors (Lipinski definition) is 0. The third-order valence-corrected chi connectivity index (χ3v) is 4.57. The van der Waals surface area contributed by atoms with E-state index in [1.807, 2.05) is 42.5 Å². The van der Waals surface area contributed by atoms with E-state index in [0.29, 0.717) is 5.69 Å². The molecular formula is C21H16N4O3. The van der Waals surface area contributed by atoms with Crippen molar-refractivity contribution in [3.63, 3.8) is 0 Å². The zero-order valence-corrected chi connectivity index (χ0v) is 15.0. The number of amides is 1. The van der Waals surface area contributed by atoms with Gasteiger partial charge in [-0.3, -0.25) is 14.9 Å². The summed E-state index contributed by atoms with van der Waals surface area (Å²) in [6, 6.07) is 21.3. The Kier molecular flexibility index (Phi) is 4.33. The topological polar surface area (TPSA) is 81.3 Å². The molecule has 0 aliphatic carbocycles. The van der Waals surface area contributed by atoms with Crippen LogP contribution in [0.25, 0.3) is 16.5 Å². The number of anilines is 1. The minimum absolute atomic E-state index is 0.00268. The Morgan fingerprint density at radius 3 is 2.46 bits per heavy atom. The van der Waals surface area contributed by atoms with Gasteiger partial charge in [-0.2, -0.15) is 5.10 Å². The van der Waals surface area contributed by atoms with Gasteiger partial charge in [0.2, 0.25) is 0 Å². The summed E-state index contributed by atoms with van der Waals surface area (Å²) in [5, 5.41) is 17.1. The highest BCUT2D eigenvalue weighted by Gasteiger charge is 2.18. The molecule has 0 radical (unpaired) electrons. The van der Waals surface area contributed by atoms with Crippen LogP contribution < -0.4 is 4.90 Å². The number of carbonyl (C=O) groups excluding carboxylic acids is 1. The van der Waals surface area contributed by atoms with Crippen molar-refractivity contribution >= 4 is 28.1 Å². The summed E-state index contributed by atoms with van der Waals surface area (Å²) >= 11 is 0. The summed E-state index contributed by atoms with van der Waals surface area (Å²) in [7, 11) is 1.72. The Labute approximate surface area is 160 Å². The minimum atomic E-state index is -0.457. The molecule has 0 fully saturated rings. The van der Waals surface area contributed by atoms with E-state index in [2.05, 4.69) is 5.10 Å². The molecule has 0 aliphatic rings. The first-order valence-electron chi connectivity index (χ1n) is 8.61. The second-order valence-electron chi connectivity index (χ2n) is 6.28. The van der Waals surface area contributed by atoms with Gasteiger partial charge in [0.15, 0.2) is 5.69 Å². The molecule has 0 spiro atoms. The molecule has 1 amide bonds. The van der Waals surface area contributed by atoms with Crippen molar-refractivity contribution in [3.05, 3.63) is 94.8 Å². The molecule has 28 heavy (non-hydrogen) atoms. The number of aromatic nitrogens is 2. The van der Waals surface area contributed by atoms with Crippen molar-refractivity contribution in [2.45, 2.75) is 0 Å². The Balaban J connectivity index is 1.63. The van der Waals surface area contributed by atoms with Crippen molar-refractivity contribution in [1.29, 1.82) is 0 Å². The molecular weight excluding hydrogens is 356 g/mol. The lowest BCUT2D eigenvalue weighted by Gasteiger charge is -2.18. The molecule has 138 valence electrons. The van der Waals surface area contributed by atoms with Crippen LogP contribution in [0.3, 0.4) is 0 Å². The van der Waals surface area contributed by atoms with Crippen LogP contribution in [0.4, 0.5) is 11.4 Å². The average molecular weight is 372 g/mol. The number of non-ortho nitro benzene ring substituents is 1. The van der Waals surface area contributed by atoms with Gasteiger partial charge in [-0.15, -0.1) is 0 Å². The van der Waals surface area contributed by atoms with Crippen molar-refractivity contribution in [2.24, 2.45) is 0 Å². The molecule has 3 aromatic carbocycles. The molecule has 0 unspecified atom stereocenters. The fourth-order valence-electron chi connectivity index (χ4n) is 3.09. The number of rotatable bonds is 4. The third-order valence-electron chi connectivity index (χ3n) is 4.57. The molecule has 1 heterocycles. The standard InChI is InChI=1S/C21H16N4O3/c1-23(20-8-4-6-15-5-2-3-7-18(15)20)21(26)19-13-14-24(22-19)16-9-11-17(12-10-16)25(27)28/h2-14H,1H3. The van der Waals surface area contributed by atoms with Gasteiger partial charge in [-0.25, -0.2) is 4.68 Å². The van der Waals surface area contributed by atoms with Gasteiger partial charge >= 0.3 is 0 Å². The Morgan fingerprint density at radius 1 is 1.00 bits per heavy atom. The lowest BCUT2D eigenvalue weighted by Crippen LogP contribution is -2.27. The maximum atomic E-state index is 12.9. The molecule has 0 N–H and O–H groups in total. The van der Waals surface area contributed by atoms with Crippen LogP contribution in [0.1, 0.15) is 10.5 Å². The van der Waals surface area contributed by atoms with E-state index in [-0.39, 0.29) is 17.3 Å². The number of nitro benzene ring substituents is 1. The number of nitrogens with zero attached hydrogens (tertiary/aromatic N) is 4. The van der Waals surface area contributed by atoms with E-state index in [1.165, 1.54) is 16.8 Å². The molecule has 7 heteroatoms. The van der Waals surface area contributed by atoms with Crippen molar-refractivity contribution < 1.29 is 9.72 Å². The van der Waals surface area contributed by atoms with Crippen LogP contribution in [0.15, 0.2) is 79.0 Å². The quantitative estimate of drug-likeness (QED) is 0.397. The highest BCUT2D eigenvalue weighted by atomic mass is 16.6. The molecule has 0 bridgehead atoms. The number of carbonyl (C=O) groups is 1. The van der Waals surface area contributed by atoms with Gasteiger partial charge in [0.25, 0.3) is 11.6 Å². The summed E-state index contributed by atoms with van der Waals surface area (Å²) in [5.74, 6) is -0.239. The third kappa shape index (κ3) is 3.09. The number of benzene rings is 3. The zero-order valence-electron chi connectivity index (χ0n) is 15.0. The number of fused-ring (bicyclic) bond motifs is 1. The largest absolute Gasteiger partial charge is 0.309 e. The van der Waals surface area contributed by atoms with Gasteiger partial charge in [-0.1, -0.05) is 36.4 Å². The first-order valence-corrected chi connectivity index (χ1v) is 8.61. The predicted molar refractivity (Wildman–Crippen MR) is 107 cm³/mol. The van der Waals surface area contributed by atoms with E-state index < -0.39 is 4.92 Å². The Bertz CT molecular complexity index is 1180. The van der Waals surface area contributed by atoms with Crippen LogP contribution in [0.5, 0.6) is 0 Å². The second-order valence-corrected chi connectivity index (χ2v) is 6.28. The molecule has 1 aromatic heterocycles. The first-order chi connectivity index (χ1) is 13.5. The van der Waals surface area contributed by atoms with Gasteiger partial charge < -0.3 is 4.90 Å². The summed E-state index contributed by atoms with van der Waals surface area (Å²) in [6.07, 6.45) is 1.66. The molecule has 0 saturated heterocycles. The van der Waals surface area contributed by atoms with Gasteiger partial charge in [-0.05, 0) is 29.7 Å². The van der Waals surface area contributed by atoms with Gasteiger partial charge in [0.1, 0.15) is 0 Å². The van der Waals surface area contributed by atoms with Crippen LogP contribution >= 0.6 is 0 Å². The van der Waals surface area contributed by atoms with Crippen molar-refractivity contribution in [3.8, 4) is 5.69 Å². The summed E-state index contributed by atoms with van der Waals surface area (Å²) in [6.45, 7) is 0. The highest BCUT2D eigenvalue weighted by molar-refractivity contribution is 6.09. The summed E-state index contributed by atoms with van der Waals surface area (Å²) < 4.78 is 1.52. The van der Waals surface area contributed by atoms with Gasteiger partial charge in [0.05, 0.1) is 16.3 Å². The zero-order chi connectivity index (χ0) is 19.7. The molecule has 4 rings (SSSR count). The predicted octanol–water partition coefficient (Wildman–Crippen LogP) is 4.21. The summed E-state index contributed by atoms with van der Waals surface area (Å²) in [5.41, 5.74) is 1.72. The van der Waals surface area contributed by atoms with E-state index >= 15 is 0 Å². The van der Waals surface area contributed by atoms with Crippen LogP contribution in [0, 0.1) is 10.1 Å². The average Bonchev–Trinajstić information content (AvgIpc) is 3.22. The Hall–Kier alpha value is -4.00. The molecule has 0 atom stereocenters. The van der Waals surface area contributed by atoms with Crippen LogP contribution in [-0.4, -0.2) is 27.7 Å². The lowest BCUT2D eigenvalue weighted by atomic mass is 10.1. The van der Waals surface area contributed by atoms with Crippen molar-refractivity contribution in [1.82, 2.24) is 9.78 Å². The van der Waals surface area contributed by atoms with E-state index in [1.54, 1.807) is 36.3 Å². The van der Waals surface area contributed by atoms with Gasteiger partial charge in [0, 0.05) is 30.8 Å². The maximum absolute atomic E-state index is 12.9. The monoisotopic (exact) mass is 372 g/mol. The normalized spacial score (nSPS) is 10.8. The lowest BCUT2D eigenvalue weighted by molar-refractivity contribution is -0.384. The minimum Gasteiger partial charge on any atom is -0.309 e. The fourth-order valence-corrected chi connectivity index (χ4v) is 3.09. The fraction of sp³-hybridized carbons (Fsp3) is 0.0476. The first kappa shape index (κ1) is 17.4. The van der Waals surface area contributed by atoms with Crippen molar-refractivity contribution in [2.75, 3.05) is 11.9 Å². The summed E-state index contributed by atoms with van der Waals surface area (Å²) in [4.78, 5) is 24.8. The molecule has 0 aliphatic heterocycles. The van der Waals surface area contributed by atoms with E-state index in [4.69, 9.17) is 0 Å². The Morgan fingerprint density at radius 2 is 1.71 bits per heavy atom. The highest BCUT2D eigenvalue weighted by Crippen LogP contribution is 2.26. The molecule has 7 nitrogen and oxygen atoms in total. The number of hydrogen-bond acceptors (Lipinski definition) is 4.